The molecule has 0 bridgehead atoms. The predicted molar refractivity (Wildman–Crippen MR) is 43.1 cm³/mol. The number of halogens is 3. The molecule has 0 aliphatic heterocycles. The summed E-state index contributed by atoms with van der Waals surface area (Å²) < 4.78 is 39.2. The summed E-state index contributed by atoms with van der Waals surface area (Å²) in [5, 5.41) is 0. The molecule has 0 aromatic heterocycles. The number of ether oxygens (including phenoxy) is 1. The van der Waals surface area contributed by atoms with Gasteiger partial charge in [0.15, 0.2) is 0 Å². The Hall–Kier alpha value is -1.23. The predicted octanol–water partition coefficient (Wildman–Crippen LogP) is 2.00. The van der Waals surface area contributed by atoms with Crippen molar-refractivity contribution in [1.29, 1.82) is 0 Å². The lowest BCUT2D eigenvalue weighted by atomic mass is 10.3. The molecule has 2 N–H and O–H groups in total. The molecular formula is C8H10F3NO. The van der Waals surface area contributed by atoms with Gasteiger partial charge in [-0.15, -0.1) is 0 Å². The number of rotatable bonds is 2. The maximum atomic E-state index is 12.3. The maximum Gasteiger partial charge on any atom is 0.387 e. The molecule has 0 saturated carbocycles. The molecule has 2 nitrogen and oxygen atoms in total. The van der Waals surface area contributed by atoms with Gasteiger partial charge in [-0.3, -0.25) is 0 Å². The summed E-state index contributed by atoms with van der Waals surface area (Å²) in [6.45, 7) is -2.91. The standard InChI is InChI=1S/C7H5F3O.CH5N/c8-5-2-1-3-6(4-5)11-7(9)10;1-2/h1-4,7H;2H2,1H3. The van der Waals surface area contributed by atoms with Crippen molar-refractivity contribution in [3.8, 4) is 5.75 Å². The lowest BCUT2D eigenvalue weighted by molar-refractivity contribution is -0.0499. The zero-order valence-corrected chi connectivity index (χ0v) is 7.01. The van der Waals surface area contributed by atoms with Gasteiger partial charge >= 0.3 is 6.61 Å². The van der Waals surface area contributed by atoms with Crippen molar-refractivity contribution >= 4 is 0 Å². The summed E-state index contributed by atoms with van der Waals surface area (Å²) in [5.41, 5.74) is 4.50. The van der Waals surface area contributed by atoms with E-state index in [1.165, 1.54) is 19.2 Å². The highest BCUT2D eigenvalue weighted by Gasteiger charge is 2.03. The molecule has 0 amide bonds. The quantitative estimate of drug-likeness (QED) is 0.779. The first-order valence-corrected chi connectivity index (χ1v) is 3.46. The van der Waals surface area contributed by atoms with Crippen molar-refractivity contribution < 1.29 is 17.9 Å². The van der Waals surface area contributed by atoms with E-state index in [2.05, 4.69) is 10.5 Å². The summed E-state index contributed by atoms with van der Waals surface area (Å²) in [5.74, 6) is -0.761. The maximum absolute atomic E-state index is 12.3. The minimum atomic E-state index is -2.91. The van der Waals surface area contributed by atoms with E-state index in [0.29, 0.717) is 0 Å². The van der Waals surface area contributed by atoms with Gasteiger partial charge in [-0.25, -0.2) is 4.39 Å². The van der Waals surface area contributed by atoms with Crippen LogP contribution in [0.3, 0.4) is 0 Å². The summed E-state index contributed by atoms with van der Waals surface area (Å²) in [6.07, 6.45) is 0. The van der Waals surface area contributed by atoms with E-state index in [1.54, 1.807) is 0 Å². The van der Waals surface area contributed by atoms with Gasteiger partial charge in [0.25, 0.3) is 0 Å². The fourth-order valence-electron chi connectivity index (χ4n) is 0.643. The van der Waals surface area contributed by atoms with Crippen molar-refractivity contribution in [3.63, 3.8) is 0 Å². The van der Waals surface area contributed by atoms with E-state index >= 15 is 0 Å². The van der Waals surface area contributed by atoms with E-state index in [1.807, 2.05) is 0 Å². The summed E-state index contributed by atoms with van der Waals surface area (Å²) >= 11 is 0. The van der Waals surface area contributed by atoms with Crippen molar-refractivity contribution in [3.05, 3.63) is 30.1 Å². The highest BCUT2D eigenvalue weighted by molar-refractivity contribution is 5.22. The van der Waals surface area contributed by atoms with Crippen LogP contribution in [-0.4, -0.2) is 13.7 Å². The lowest BCUT2D eigenvalue weighted by Crippen LogP contribution is -2.01. The average Bonchev–Trinajstić information content (AvgIpc) is 2.06. The molecule has 0 atom stereocenters. The first-order chi connectivity index (χ1) is 6.18. The van der Waals surface area contributed by atoms with Crippen LogP contribution in [0.25, 0.3) is 0 Å². The van der Waals surface area contributed by atoms with Crippen molar-refractivity contribution in [2.45, 2.75) is 6.61 Å². The smallest absolute Gasteiger partial charge is 0.387 e. The number of hydrogen-bond donors (Lipinski definition) is 1. The van der Waals surface area contributed by atoms with E-state index in [4.69, 9.17) is 0 Å². The Kier molecular flexibility index (Phi) is 5.71. The van der Waals surface area contributed by atoms with Crippen LogP contribution in [0.4, 0.5) is 13.2 Å². The van der Waals surface area contributed by atoms with Gasteiger partial charge in [0.1, 0.15) is 11.6 Å². The van der Waals surface area contributed by atoms with Gasteiger partial charge < -0.3 is 10.5 Å². The fraction of sp³-hybridized carbons (Fsp3) is 0.250. The second-order valence-electron chi connectivity index (χ2n) is 1.84. The van der Waals surface area contributed by atoms with E-state index in [-0.39, 0.29) is 5.75 Å². The Balaban J connectivity index is 0.000000671. The van der Waals surface area contributed by atoms with Crippen LogP contribution in [0.5, 0.6) is 5.75 Å². The molecule has 1 rings (SSSR count). The Morgan fingerprint density at radius 1 is 1.31 bits per heavy atom. The molecular weight excluding hydrogens is 183 g/mol. The number of hydrogen-bond acceptors (Lipinski definition) is 2. The molecule has 1 aromatic rings. The van der Waals surface area contributed by atoms with Gasteiger partial charge in [-0.2, -0.15) is 8.78 Å². The zero-order chi connectivity index (χ0) is 10.3. The lowest BCUT2D eigenvalue weighted by Gasteiger charge is -2.02. The molecule has 5 heteroatoms. The van der Waals surface area contributed by atoms with Gasteiger partial charge in [0.05, 0.1) is 0 Å². The topological polar surface area (TPSA) is 35.2 Å². The number of benzene rings is 1. The Morgan fingerprint density at radius 2 is 1.92 bits per heavy atom. The van der Waals surface area contributed by atoms with Crippen molar-refractivity contribution in [2.75, 3.05) is 7.05 Å². The van der Waals surface area contributed by atoms with Crippen LogP contribution in [0.15, 0.2) is 24.3 Å². The number of nitrogens with two attached hydrogens (primary N) is 1. The summed E-state index contributed by atoms with van der Waals surface area (Å²) in [4.78, 5) is 0. The van der Waals surface area contributed by atoms with Crippen LogP contribution >= 0.6 is 0 Å². The minimum Gasteiger partial charge on any atom is -0.435 e. The van der Waals surface area contributed by atoms with E-state index in [0.717, 1.165) is 12.1 Å². The van der Waals surface area contributed by atoms with E-state index < -0.39 is 12.4 Å². The third-order valence-corrected chi connectivity index (χ3v) is 1.02. The highest BCUT2D eigenvalue weighted by Crippen LogP contribution is 2.14. The average molecular weight is 193 g/mol. The van der Waals surface area contributed by atoms with Gasteiger partial charge in [-0.05, 0) is 19.2 Å². The molecule has 0 saturated heterocycles. The summed E-state index contributed by atoms with van der Waals surface area (Å²) in [6, 6.07) is 4.60. The minimum absolute atomic E-state index is 0.167. The third kappa shape index (κ3) is 5.08. The molecule has 0 aliphatic rings. The van der Waals surface area contributed by atoms with E-state index in [9.17, 15) is 13.2 Å². The monoisotopic (exact) mass is 193 g/mol. The molecule has 0 fully saturated rings. The molecule has 13 heavy (non-hydrogen) atoms. The second kappa shape index (κ2) is 6.30. The first kappa shape index (κ1) is 11.8. The van der Waals surface area contributed by atoms with Gasteiger partial charge in [0, 0.05) is 6.07 Å². The van der Waals surface area contributed by atoms with Crippen LogP contribution in [-0.2, 0) is 0 Å². The van der Waals surface area contributed by atoms with Crippen LogP contribution in [0.2, 0.25) is 0 Å². The highest BCUT2D eigenvalue weighted by atomic mass is 19.3. The Bertz CT molecular complexity index is 243. The SMILES string of the molecule is CN.Fc1cccc(OC(F)F)c1. The molecule has 74 valence electrons. The van der Waals surface area contributed by atoms with Crippen LogP contribution < -0.4 is 10.5 Å². The molecule has 0 radical (unpaired) electrons. The van der Waals surface area contributed by atoms with Gasteiger partial charge in [0.2, 0.25) is 0 Å². The normalized spacial score (nSPS) is 9.08. The largest absolute Gasteiger partial charge is 0.435 e. The van der Waals surface area contributed by atoms with Crippen molar-refractivity contribution in [2.24, 2.45) is 5.73 Å². The zero-order valence-electron chi connectivity index (χ0n) is 7.01. The first-order valence-electron chi connectivity index (χ1n) is 3.46. The Morgan fingerprint density at radius 3 is 2.38 bits per heavy atom. The fourth-order valence-corrected chi connectivity index (χ4v) is 0.643. The van der Waals surface area contributed by atoms with Crippen molar-refractivity contribution in [1.82, 2.24) is 0 Å². The Labute approximate surface area is 74.1 Å². The van der Waals surface area contributed by atoms with Crippen LogP contribution in [0, 0.1) is 5.82 Å². The second-order valence-corrected chi connectivity index (χ2v) is 1.84. The molecule has 0 spiro atoms. The van der Waals surface area contributed by atoms with Crippen LogP contribution in [0.1, 0.15) is 0 Å². The molecule has 0 unspecified atom stereocenters. The molecule has 1 aromatic carbocycles. The summed E-state index contributed by atoms with van der Waals surface area (Å²) in [7, 11) is 1.50. The third-order valence-electron chi connectivity index (χ3n) is 1.02. The molecule has 0 aliphatic carbocycles. The molecule has 0 heterocycles. The number of alkyl halides is 2. The van der Waals surface area contributed by atoms with Gasteiger partial charge in [-0.1, -0.05) is 6.07 Å².